The molecule has 0 aromatic carbocycles. The molecule has 0 radical (unpaired) electrons. The molecule has 7 nitrogen and oxygen atoms in total. The molecule has 0 rings (SSSR count). The standard InChI is InChI=1S/C7H15NO2.C6H10O4/c1-2-3-4-5-6(8)7(9)10;7-5(8)3-1-2-4-6(9)10/h6H,2-5,8H2,1H3,(H,9,10);1-4H2,(H,7,8)(H,9,10). The highest BCUT2D eigenvalue weighted by atomic mass is 16.4. The lowest BCUT2D eigenvalue weighted by Gasteiger charge is -2.03. The highest BCUT2D eigenvalue weighted by Gasteiger charge is 2.09. The molecule has 0 aliphatic rings. The number of aliphatic carboxylic acids is 3. The Kier molecular flexibility index (Phi) is 14.3. The van der Waals surface area contributed by atoms with E-state index in [0.29, 0.717) is 19.3 Å². The van der Waals surface area contributed by atoms with E-state index < -0.39 is 23.9 Å². The second kappa shape index (κ2) is 13.8. The van der Waals surface area contributed by atoms with E-state index in [4.69, 9.17) is 21.1 Å². The minimum Gasteiger partial charge on any atom is -0.481 e. The van der Waals surface area contributed by atoms with Gasteiger partial charge >= 0.3 is 17.9 Å². The number of rotatable bonds is 10. The molecule has 7 heteroatoms. The van der Waals surface area contributed by atoms with Gasteiger partial charge in [-0.25, -0.2) is 0 Å². The summed E-state index contributed by atoms with van der Waals surface area (Å²) < 4.78 is 0. The van der Waals surface area contributed by atoms with Gasteiger partial charge in [0.25, 0.3) is 0 Å². The lowest BCUT2D eigenvalue weighted by Crippen LogP contribution is -2.29. The molecule has 0 bridgehead atoms. The maximum Gasteiger partial charge on any atom is 0.320 e. The van der Waals surface area contributed by atoms with Crippen LogP contribution in [-0.4, -0.2) is 39.3 Å². The molecule has 20 heavy (non-hydrogen) atoms. The number of nitrogens with two attached hydrogens (primary N) is 1. The van der Waals surface area contributed by atoms with E-state index >= 15 is 0 Å². The van der Waals surface area contributed by atoms with Crippen LogP contribution in [0, 0.1) is 0 Å². The maximum atomic E-state index is 10.2. The van der Waals surface area contributed by atoms with E-state index in [2.05, 4.69) is 6.92 Å². The van der Waals surface area contributed by atoms with Crippen molar-refractivity contribution in [3.63, 3.8) is 0 Å². The molecule has 0 aromatic heterocycles. The maximum absolute atomic E-state index is 10.2. The molecule has 0 saturated heterocycles. The Labute approximate surface area is 118 Å². The van der Waals surface area contributed by atoms with E-state index in [1.165, 1.54) is 0 Å². The summed E-state index contributed by atoms with van der Waals surface area (Å²) in [6.45, 7) is 2.08. The van der Waals surface area contributed by atoms with Gasteiger partial charge in [-0.05, 0) is 19.3 Å². The third kappa shape index (κ3) is 18.7. The number of carboxylic acid groups (broad SMARTS) is 3. The molecule has 0 heterocycles. The van der Waals surface area contributed by atoms with Crippen LogP contribution in [0.5, 0.6) is 0 Å². The third-order valence-corrected chi connectivity index (χ3v) is 2.47. The summed E-state index contributed by atoms with van der Waals surface area (Å²) in [7, 11) is 0. The average molecular weight is 291 g/mol. The summed E-state index contributed by atoms with van der Waals surface area (Å²) in [6.07, 6.45) is 4.71. The van der Waals surface area contributed by atoms with Crippen molar-refractivity contribution >= 4 is 17.9 Å². The van der Waals surface area contributed by atoms with Gasteiger partial charge in [-0.1, -0.05) is 26.2 Å². The predicted molar refractivity (Wildman–Crippen MR) is 73.5 cm³/mol. The quantitative estimate of drug-likeness (QED) is 0.449. The highest BCUT2D eigenvalue weighted by molar-refractivity contribution is 5.72. The molecule has 0 aromatic rings. The lowest BCUT2D eigenvalue weighted by molar-refractivity contribution is -0.139. The number of hydrogen-bond acceptors (Lipinski definition) is 4. The van der Waals surface area contributed by atoms with Crippen LogP contribution < -0.4 is 5.73 Å². The first-order valence-electron chi connectivity index (χ1n) is 6.73. The Morgan fingerprint density at radius 1 is 0.900 bits per heavy atom. The molecule has 0 aliphatic heterocycles. The second-order valence-corrected chi connectivity index (χ2v) is 4.44. The average Bonchev–Trinajstić information content (AvgIpc) is 2.35. The molecule has 0 amide bonds. The molecule has 0 spiro atoms. The monoisotopic (exact) mass is 291 g/mol. The molecule has 118 valence electrons. The molecule has 1 unspecified atom stereocenters. The zero-order chi connectivity index (χ0) is 16.0. The zero-order valence-electron chi connectivity index (χ0n) is 11.9. The molecule has 0 saturated carbocycles. The number of hydrogen-bond donors (Lipinski definition) is 4. The minimum atomic E-state index is -0.892. The highest BCUT2D eigenvalue weighted by Crippen LogP contribution is 2.01. The van der Waals surface area contributed by atoms with Crippen LogP contribution in [0.25, 0.3) is 0 Å². The van der Waals surface area contributed by atoms with Crippen LogP contribution in [0.4, 0.5) is 0 Å². The topological polar surface area (TPSA) is 138 Å². The van der Waals surface area contributed by atoms with E-state index in [0.717, 1.165) is 19.3 Å². The fourth-order valence-corrected chi connectivity index (χ4v) is 1.29. The fourth-order valence-electron chi connectivity index (χ4n) is 1.29. The van der Waals surface area contributed by atoms with Crippen LogP contribution >= 0.6 is 0 Å². The zero-order valence-corrected chi connectivity index (χ0v) is 11.9. The minimum absolute atomic E-state index is 0.0628. The number of carboxylic acids is 3. The first-order valence-corrected chi connectivity index (χ1v) is 6.73. The fraction of sp³-hybridized carbons (Fsp3) is 0.769. The van der Waals surface area contributed by atoms with Gasteiger partial charge in [-0.3, -0.25) is 14.4 Å². The van der Waals surface area contributed by atoms with Gasteiger partial charge in [0.1, 0.15) is 6.04 Å². The van der Waals surface area contributed by atoms with Gasteiger partial charge in [-0.15, -0.1) is 0 Å². The summed E-state index contributed by atoms with van der Waals surface area (Å²) in [5.41, 5.74) is 5.26. The van der Waals surface area contributed by atoms with E-state index in [9.17, 15) is 14.4 Å². The van der Waals surface area contributed by atoms with Crippen LogP contribution in [0.2, 0.25) is 0 Å². The van der Waals surface area contributed by atoms with E-state index in [1.807, 2.05) is 0 Å². The van der Waals surface area contributed by atoms with Crippen molar-refractivity contribution in [3.05, 3.63) is 0 Å². The van der Waals surface area contributed by atoms with Gasteiger partial charge in [-0.2, -0.15) is 0 Å². The molecule has 0 aliphatic carbocycles. The third-order valence-electron chi connectivity index (χ3n) is 2.47. The number of unbranched alkanes of at least 4 members (excludes halogenated alkanes) is 3. The molecular formula is C13H25NO6. The Morgan fingerprint density at radius 2 is 1.35 bits per heavy atom. The van der Waals surface area contributed by atoms with E-state index in [1.54, 1.807) is 0 Å². The SMILES string of the molecule is CCCCCC(N)C(=O)O.O=C(O)CCCCC(=O)O. The first kappa shape index (κ1) is 20.7. The Balaban J connectivity index is 0. The van der Waals surface area contributed by atoms with E-state index in [-0.39, 0.29) is 12.8 Å². The Bertz CT molecular complexity index is 277. The molecule has 0 fully saturated rings. The molecule has 5 N–H and O–H groups in total. The smallest absolute Gasteiger partial charge is 0.320 e. The normalized spacial score (nSPS) is 11.1. The summed E-state index contributed by atoms with van der Waals surface area (Å²) in [6, 6.07) is -0.661. The number of carbonyl (C=O) groups is 3. The van der Waals surface area contributed by atoms with Crippen molar-refractivity contribution in [1.29, 1.82) is 0 Å². The van der Waals surface area contributed by atoms with Gasteiger partial charge in [0.2, 0.25) is 0 Å². The predicted octanol–water partition coefficient (Wildman–Crippen LogP) is 1.69. The summed E-state index contributed by atoms with van der Waals surface area (Å²) in [5, 5.41) is 24.6. The van der Waals surface area contributed by atoms with Crippen molar-refractivity contribution in [2.45, 2.75) is 64.3 Å². The largest absolute Gasteiger partial charge is 0.481 e. The summed E-state index contributed by atoms with van der Waals surface area (Å²) in [4.78, 5) is 30.0. The van der Waals surface area contributed by atoms with Gasteiger partial charge in [0.05, 0.1) is 0 Å². The molecular weight excluding hydrogens is 266 g/mol. The van der Waals surface area contributed by atoms with Crippen LogP contribution in [-0.2, 0) is 14.4 Å². The van der Waals surface area contributed by atoms with Crippen molar-refractivity contribution in [2.75, 3.05) is 0 Å². The van der Waals surface area contributed by atoms with Crippen LogP contribution in [0.15, 0.2) is 0 Å². The van der Waals surface area contributed by atoms with Crippen LogP contribution in [0.1, 0.15) is 58.3 Å². The summed E-state index contributed by atoms with van der Waals surface area (Å²) in [5.74, 6) is -2.63. The Hall–Kier alpha value is -1.63. The van der Waals surface area contributed by atoms with Crippen molar-refractivity contribution in [1.82, 2.24) is 0 Å². The van der Waals surface area contributed by atoms with Gasteiger partial charge in [0, 0.05) is 12.8 Å². The first-order chi connectivity index (χ1) is 9.31. The van der Waals surface area contributed by atoms with Crippen LogP contribution in [0.3, 0.4) is 0 Å². The van der Waals surface area contributed by atoms with Crippen molar-refractivity contribution in [2.24, 2.45) is 5.73 Å². The second-order valence-electron chi connectivity index (χ2n) is 4.44. The summed E-state index contributed by atoms with van der Waals surface area (Å²) >= 11 is 0. The lowest BCUT2D eigenvalue weighted by atomic mass is 10.1. The Morgan fingerprint density at radius 3 is 1.65 bits per heavy atom. The van der Waals surface area contributed by atoms with Gasteiger partial charge in [0.15, 0.2) is 0 Å². The van der Waals surface area contributed by atoms with Crippen molar-refractivity contribution < 1.29 is 29.7 Å². The van der Waals surface area contributed by atoms with Gasteiger partial charge < -0.3 is 21.1 Å². The molecule has 1 atom stereocenters. The van der Waals surface area contributed by atoms with Crippen molar-refractivity contribution in [3.8, 4) is 0 Å².